The number of halogens is 1. The van der Waals surface area contributed by atoms with Gasteiger partial charge in [0.15, 0.2) is 11.5 Å². The number of carbonyl (C=O) groups is 1. The van der Waals surface area contributed by atoms with Gasteiger partial charge < -0.3 is 14.4 Å². The van der Waals surface area contributed by atoms with Gasteiger partial charge in [0.2, 0.25) is 5.91 Å². The summed E-state index contributed by atoms with van der Waals surface area (Å²) < 4.78 is 11.1. The van der Waals surface area contributed by atoms with Gasteiger partial charge in [0, 0.05) is 39.6 Å². The van der Waals surface area contributed by atoms with E-state index in [-0.39, 0.29) is 5.91 Å². The van der Waals surface area contributed by atoms with E-state index in [1.807, 2.05) is 17.0 Å². The minimum atomic E-state index is 0.150. The van der Waals surface area contributed by atoms with Crippen molar-refractivity contribution in [3.05, 3.63) is 22.7 Å². The molecule has 114 valence electrons. The predicted octanol–water partition coefficient (Wildman–Crippen LogP) is 1.78. The summed E-state index contributed by atoms with van der Waals surface area (Å²) in [6.45, 7) is 6.86. The Kier molecular flexibility index (Phi) is 4.22. The SMILES string of the molecule is CC(=O)N1CCN(Cc2cc(Cl)c3c(c2)OCCO3)CC1. The van der Waals surface area contributed by atoms with E-state index in [1.165, 1.54) is 0 Å². The molecule has 1 fully saturated rings. The van der Waals surface area contributed by atoms with Crippen LogP contribution in [0.3, 0.4) is 0 Å². The average molecular weight is 311 g/mol. The minimum absolute atomic E-state index is 0.150. The van der Waals surface area contributed by atoms with E-state index >= 15 is 0 Å². The molecule has 2 heterocycles. The molecule has 0 aliphatic carbocycles. The molecule has 5 nitrogen and oxygen atoms in total. The van der Waals surface area contributed by atoms with Crippen LogP contribution in [0.1, 0.15) is 12.5 Å². The standard InChI is InChI=1S/C15H19ClN2O3/c1-11(19)18-4-2-17(3-5-18)10-12-8-13(16)15-14(9-12)20-6-7-21-15/h8-9H,2-7,10H2,1H3. The largest absolute Gasteiger partial charge is 0.486 e. The van der Waals surface area contributed by atoms with Gasteiger partial charge >= 0.3 is 0 Å². The molecule has 6 heteroatoms. The van der Waals surface area contributed by atoms with Crippen LogP contribution in [0.2, 0.25) is 5.02 Å². The smallest absolute Gasteiger partial charge is 0.219 e. The number of fused-ring (bicyclic) bond motifs is 1. The summed E-state index contributed by atoms with van der Waals surface area (Å²) in [6, 6.07) is 3.93. The number of piperazine rings is 1. The predicted molar refractivity (Wildman–Crippen MR) is 80.0 cm³/mol. The van der Waals surface area contributed by atoms with Crippen LogP contribution in [-0.4, -0.2) is 55.1 Å². The van der Waals surface area contributed by atoms with E-state index in [4.69, 9.17) is 21.1 Å². The summed E-state index contributed by atoms with van der Waals surface area (Å²) in [5.74, 6) is 1.52. The van der Waals surface area contributed by atoms with Crippen molar-refractivity contribution in [3.8, 4) is 11.5 Å². The van der Waals surface area contributed by atoms with Crippen molar-refractivity contribution >= 4 is 17.5 Å². The van der Waals surface area contributed by atoms with Gasteiger partial charge in [-0.1, -0.05) is 11.6 Å². The number of carbonyl (C=O) groups excluding carboxylic acids is 1. The lowest BCUT2D eigenvalue weighted by molar-refractivity contribution is -0.130. The highest BCUT2D eigenvalue weighted by Crippen LogP contribution is 2.38. The zero-order valence-corrected chi connectivity index (χ0v) is 12.9. The van der Waals surface area contributed by atoms with Crippen molar-refractivity contribution in [1.29, 1.82) is 0 Å². The highest BCUT2D eigenvalue weighted by atomic mass is 35.5. The van der Waals surface area contributed by atoms with Gasteiger partial charge in [-0.2, -0.15) is 0 Å². The number of ether oxygens (including phenoxy) is 2. The first-order valence-corrected chi connectivity index (χ1v) is 7.57. The molecule has 0 saturated carbocycles. The van der Waals surface area contributed by atoms with Gasteiger partial charge in [-0.05, 0) is 17.7 Å². The Morgan fingerprint density at radius 2 is 1.90 bits per heavy atom. The first-order chi connectivity index (χ1) is 10.1. The zero-order chi connectivity index (χ0) is 14.8. The molecule has 0 spiro atoms. The van der Waals surface area contributed by atoms with Gasteiger partial charge in [-0.3, -0.25) is 9.69 Å². The van der Waals surface area contributed by atoms with Crippen LogP contribution < -0.4 is 9.47 Å². The lowest BCUT2D eigenvalue weighted by Gasteiger charge is -2.34. The van der Waals surface area contributed by atoms with E-state index in [0.29, 0.717) is 24.0 Å². The Hall–Kier alpha value is -1.46. The second-order valence-corrected chi connectivity index (χ2v) is 5.79. The van der Waals surface area contributed by atoms with Crippen molar-refractivity contribution in [3.63, 3.8) is 0 Å². The first-order valence-electron chi connectivity index (χ1n) is 7.19. The van der Waals surface area contributed by atoms with Gasteiger partial charge in [-0.25, -0.2) is 0 Å². The Morgan fingerprint density at radius 3 is 2.62 bits per heavy atom. The lowest BCUT2D eigenvalue weighted by atomic mass is 10.1. The van der Waals surface area contributed by atoms with E-state index in [9.17, 15) is 4.79 Å². The molecule has 0 bridgehead atoms. The van der Waals surface area contributed by atoms with E-state index in [1.54, 1.807) is 6.92 Å². The van der Waals surface area contributed by atoms with Crippen molar-refractivity contribution in [2.75, 3.05) is 39.4 Å². The fourth-order valence-electron chi connectivity index (χ4n) is 2.73. The quantitative estimate of drug-likeness (QED) is 0.835. The molecule has 1 aromatic rings. The maximum absolute atomic E-state index is 11.3. The number of rotatable bonds is 2. The average Bonchev–Trinajstić information content (AvgIpc) is 2.48. The number of hydrogen-bond donors (Lipinski definition) is 0. The van der Waals surface area contributed by atoms with Gasteiger partial charge in [0.05, 0.1) is 5.02 Å². The van der Waals surface area contributed by atoms with Gasteiger partial charge in [0.1, 0.15) is 13.2 Å². The summed E-state index contributed by atoms with van der Waals surface area (Å²) in [5, 5.41) is 0.601. The summed E-state index contributed by atoms with van der Waals surface area (Å²) in [4.78, 5) is 15.5. The molecule has 1 saturated heterocycles. The fourth-order valence-corrected chi connectivity index (χ4v) is 3.02. The minimum Gasteiger partial charge on any atom is -0.486 e. The number of nitrogens with zero attached hydrogens (tertiary/aromatic N) is 2. The Labute approximate surface area is 129 Å². The third-order valence-corrected chi connectivity index (χ3v) is 4.16. The second kappa shape index (κ2) is 6.12. The molecule has 0 aromatic heterocycles. The van der Waals surface area contributed by atoms with Crippen LogP contribution >= 0.6 is 11.6 Å². The molecule has 0 N–H and O–H groups in total. The molecule has 0 radical (unpaired) electrons. The van der Waals surface area contributed by atoms with Crippen LogP contribution in [0.15, 0.2) is 12.1 Å². The van der Waals surface area contributed by atoms with E-state index in [2.05, 4.69) is 4.90 Å². The van der Waals surface area contributed by atoms with Crippen LogP contribution in [0, 0.1) is 0 Å². The first kappa shape index (κ1) is 14.5. The van der Waals surface area contributed by atoms with E-state index < -0.39 is 0 Å². The van der Waals surface area contributed by atoms with Gasteiger partial charge in [-0.15, -0.1) is 0 Å². The topological polar surface area (TPSA) is 42.0 Å². The maximum Gasteiger partial charge on any atom is 0.219 e. The van der Waals surface area contributed by atoms with Crippen molar-refractivity contribution in [2.45, 2.75) is 13.5 Å². The van der Waals surface area contributed by atoms with Crippen LogP contribution in [0.4, 0.5) is 0 Å². The molecule has 0 atom stereocenters. The summed E-state index contributed by atoms with van der Waals surface area (Å²) >= 11 is 6.25. The van der Waals surface area contributed by atoms with Gasteiger partial charge in [0.25, 0.3) is 0 Å². The summed E-state index contributed by atoms with van der Waals surface area (Å²) in [5.41, 5.74) is 1.11. The monoisotopic (exact) mass is 310 g/mol. The van der Waals surface area contributed by atoms with Crippen LogP contribution in [0.5, 0.6) is 11.5 Å². The lowest BCUT2D eigenvalue weighted by Crippen LogP contribution is -2.47. The number of benzene rings is 1. The molecular weight excluding hydrogens is 292 g/mol. The second-order valence-electron chi connectivity index (χ2n) is 5.38. The summed E-state index contributed by atoms with van der Waals surface area (Å²) in [6.07, 6.45) is 0. The Bertz CT molecular complexity index is 542. The molecular formula is C15H19ClN2O3. The number of amides is 1. The highest BCUT2D eigenvalue weighted by molar-refractivity contribution is 6.32. The summed E-state index contributed by atoms with van der Waals surface area (Å²) in [7, 11) is 0. The molecule has 2 aliphatic rings. The molecule has 0 unspecified atom stereocenters. The Balaban J connectivity index is 1.66. The highest BCUT2D eigenvalue weighted by Gasteiger charge is 2.21. The van der Waals surface area contributed by atoms with E-state index in [0.717, 1.165) is 44.0 Å². The molecule has 1 aromatic carbocycles. The zero-order valence-electron chi connectivity index (χ0n) is 12.1. The fraction of sp³-hybridized carbons (Fsp3) is 0.533. The molecule has 3 rings (SSSR count). The third-order valence-electron chi connectivity index (χ3n) is 3.88. The molecule has 2 aliphatic heterocycles. The normalized spacial score (nSPS) is 18.7. The van der Waals surface area contributed by atoms with Crippen molar-refractivity contribution in [1.82, 2.24) is 9.80 Å². The van der Waals surface area contributed by atoms with Crippen molar-refractivity contribution < 1.29 is 14.3 Å². The molecule has 1 amide bonds. The van der Waals surface area contributed by atoms with Crippen molar-refractivity contribution in [2.24, 2.45) is 0 Å². The molecule has 21 heavy (non-hydrogen) atoms. The maximum atomic E-state index is 11.3. The third kappa shape index (κ3) is 3.24. The Morgan fingerprint density at radius 1 is 1.19 bits per heavy atom. The van der Waals surface area contributed by atoms with Crippen LogP contribution in [0.25, 0.3) is 0 Å². The van der Waals surface area contributed by atoms with Crippen LogP contribution in [-0.2, 0) is 11.3 Å². The number of hydrogen-bond acceptors (Lipinski definition) is 4.